The van der Waals surface area contributed by atoms with Crippen LogP contribution >= 0.6 is 0 Å². The molecule has 0 aromatic heterocycles. The zero-order chi connectivity index (χ0) is 19.1. The molecule has 0 bridgehead atoms. The molecule has 2 aliphatic rings. The standard InChI is InChI=1S/C21H16F3NO2/c1-25-16-8-4-2-6-12(16)18(13-7-3-5-9-17(13)25)21(26)27-20-15(23)11-10-14(22)19(20)24/h2-12,16,18H,1H3. The molecule has 0 N–H and O–H groups in total. The van der Waals surface area contributed by atoms with Gasteiger partial charge in [-0.05, 0) is 23.8 Å². The Balaban J connectivity index is 1.77. The minimum absolute atomic E-state index is 0.107. The largest absolute Gasteiger partial charge is 0.420 e. The van der Waals surface area contributed by atoms with Crippen LogP contribution in [0, 0.1) is 23.4 Å². The molecule has 0 saturated carbocycles. The first-order chi connectivity index (χ1) is 13.0. The molecule has 1 heterocycles. The maximum atomic E-state index is 14.0. The lowest BCUT2D eigenvalue weighted by Crippen LogP contribution is -2.46. The Bertz CT molecular complexity index is 970. The van der Waals surface area contributed by atoms with Crippen molar-refractivity contribution in [1.29, 1.82) is 0 Å². The third-order valence-corrected chi connectivity index (χ3v) is 5.09. The molecule has 0 radical (unpaired) electrons. The van der Waals surface area contributed by atoms with Crippen molar-refractivity contribution >= 4 is 11.7 Å². The van der Waals surface area contributed by atoms with E-state index in [2.05, 4.69) is 0 Å². The summed E-state index contributed by atoms with van der Waals surface area (Å²) in [6, 6.07) is 8.59. The van der Waals surface area contributed by atoms with Crippen LogP contribution in [0.2, 0.25) is 0 Å². The first-order valence-corrected chi connectivity index (χ1v) is 8.51. The average molecular weight is 371 g/mol. The number of ether oxygens (including phenoxy) is 1. The van der Waals surface area contributed by atoms with E-state index < -0.39 is 35.1 Å². The number of hydrogen-bond donors (Lipinski definition) is 0. The van der Waals surface area contributed by atoms with Gasteiger partial charge in [0.1, 0.15) is 0 Å². The number of fused-ring (bicyclic) bond motifs is 2. The number of esters is 1. The number of allylic oxidation sites excluding steroid dienone is 2. The van der Waals surface area contributed by atoms with Gasteiger partial charge >= 0.3 is 5.97 Å². The van der Waals surface area contributed by atoms with Crippen molar-refractivity contribution in [1.82, 2.24) is 0 Å². The first-order valence-electron chi connectivity index (χ1n) is 8.51. The van der Waals surface area contributed by atoms with Gasteiger partial charge in [0.25, 0.3) is 0 Å². The first kappa shape index (κ1) is 17.4. The molecule has 0 fully saturated rings. The van der Waals surface area contributed by atoms with Crippen LogP contribution in [-0.4, -0.2) is 19.1 Å². The molecule has 4 rings (SSSR count). The summed E-state index contributed by atoms with van der Waals surface area (Å²) >= 11 is 0. The van der Waals surface area contributed by atoms with Gasteiger partial charge in [0, 0.05) is 18.7 Å². The Morgan fingerprint density at radius 1 is 1.00 bits per heavy atom. The van der Waals surface area contributed by atoms with E-state index in [1.165, 1.54) is 0 Å². The normalized spacial score (nSPS) is 23.0. The van der Waals surface area contributed by atoms with E-state index in [4.69, 9.17) is 4.74 Å². The quantitative estimate of drug-likeness (QED) is 0.447. The van der Waals surface area contributed by atoms with Gasteiger partial charge in [-0.1, -0.05) is 42.5 Å². The Labute approximate surface area is 154 Å². The predicted molar refractivity (Wildman–Crippen MR) is 95.1 cm³/mol. The van der Waals surface area contributed by atoms with Crippen LogP contribution in [0.15, 0.2) is 60.7 Å². The van der Waals surface area contributed by atoms with Crippen LogP contribution < -0.4 is 9.64 Å². The van der Waals surface area contributed by atoms with Crippen molar-refractivity contribution in [3.63, 3.8) is 0 Å². The van der Waals surface area contributed by atoms with E-state index in [0.29, 0.717) is 11.6 Å². The summed E-state index contributed by atoms with van der Waals surface area (Å²) in [5, 5.41) is 0. The van der Waals surface area contributed by atoms with Crippen LogP contribution in [0.5, 0.6) is 5.75 Å². The Morgan fingerprint density at radius 2 is 1.70 bits per heavy atom. The van der Waals surface area contributed by atoms with E-state index >= 15 is 0 Å². The van der Waals surface area contributed by atoms with Crippen molar-refractivity contribution in [2.75, 3.05) is 11.9 Å². The molecule has 2 aromatic rings. The fourth-order valence-corrected chi connectivity index (χ4v) is 3.80. The lowest BCUT2D eigenvalue weighted by molar-refractivity contribution is -0.137. The van der Waals surface area contributed by atoms with E-state index in [1.54, 1.807) is 12.1 Å². The Morgan fingerprint density at radius 3 is 2.52 bits per heavy atom. The second kappa shape index (κ2) is 6.61. The Hall–Kier alpha value is -3.02. The molecule has 138 valence electrons. The zero-order valence-corrected chi connectivity index (χ0v) is 14.4. The minimum Gasteiger partial charge on any atom is -0.420 e. The second-order valence-electron chi connectivity index (χ2n) is 6.58. The van der Waals surface area contributed by atoms with E-state index in [0.717, 1.165) is 11.8 Å². The topological polar surface area (TPSA) is 29.5 Å². The number of rotatable bonds is 2. The van der Waals surface area contributed by atoms with Crippen LogP contribution in [0.3, 0.4) is 0 Å². The SMILES string of the molecule is CN1c2ccccc2C(C(=O)Oc2c(F)ccc(F)c2F)C2C=CC=CC21. The summed E-state index contributed by atoms with van der Waals surface area (Å²) in [7, 11) is 1.92. The summed E-state index contributed by atoms with van der Waals surface area (Å²) in [6.45, 7) is 0. The number of likely N-dealkylation sites (N-methyl/N-ethyl adjacent to an activating group) is 1. The van der Waals surface area contributed by atoms with Gasteiger partial charge in [-0.25, -0.2) is 8.78 Å². The minimum atomic E-state index is -1.51. The number of carbonyl (C=O) groups excluding carboxylic acids is 1. The van der Waals surface area contributed by atoms with Crippen molar-refractivity contribution < 1.29 is 22.7 Å². The fraction of sp³-hybridized carbons (Fsp3) is 0.190. The lowest BCUT2D eigenvalue weighted by Gasteiger charge is -2.43. The fourth-order valence-electron chi connectivity index (χ4n) is 3.80. The third-order valence-electron chi connectivity index (χ3n) is 5.09. The van der Waals surface area contributed by atoms with Gasteiger partial charge in [0.2, 0.25) is 11.6 Å². The zero-order valence-electron chi connectivity index (χ0n) is 14.4. The molecule has 3 unspecified atom stereocenters. The molecule has 27 heavy (non-hydrogen) atoms. The average Bonchev–Trinajstić information content (AvgIpc) is 2.68. The molecule has 0 spiro atoms. The molecule has 0 saturated heterocycles. The predicted octanol–water partition coefficient (Wildman–Crippen LogP) is 4.35. The maximum absolute atomic E-state index is 14.0. The van der Waals surface area contributed by atoms with Gasteiger partial charge in [-0.2, -0.15) is 4.39 Å². The second-order valence-corrected chi connectivity index (χ2v) is 6.58. The van der Waals surface area contributed by atoms with Crippen LogP contribution in [0.25, 0.3) is 0 Å². The highest BCUT2D eigenvalue weighted by molar-refractivity contribution is 5.85. The molecule has 1 aliphatic heterocycles. The smallest absolute Gasteiger partial charge is 0.319 e. The lowest BCUT2D eigenvalue weighted by atomic mass is 9.75. The summed E-state index contributed by atoms with van der Waals surface area (Å²) in [5.74, 6) is -6.80. The number of nitrogens with zero attached hydrogens (tertiary/aromatic N) is 1. The van der Waals surface area contributed by atoms with Crippen LogP contribution in [0.1, 0.15) is 11.5 Å². The molecule has 3 atom stereocenters. The van der Waals surface area contributed by atoms with Gasteiger partial charge in [-0.3, -0.25) is 4.79 Å². The number of carbonyl (C=O) groups is 1. The van der Waals surface area contributed by atoms with Crippen LogP contribution in [-0.2, 0) is 4.79 Å². The van der Waals surface area contributed by atoms with Crippen molar-refractivity contribution in [3.8, 4) is 5.75 Å². The van der Waals surface area contributed by atoms with Crippen molar-refractivity contribution in [2.45, 2.75) is 12.0 Å². The number of para-hydroxylation sites is 1. The summed E-state index contributed by atoms with van der Waals surface area (Å²) in [6.07, 6.45) is 7.55. The molecular weight excluding hydrogens is 355 g/mol. The number of anilines is 1. The molecular formula is C21H16F3NO2. The monoisotopic (exact) mass is 371 g/mol. The van der Waals surface area contributed by atoms with Gasteiger partial charge < -0.3 is 9.64 Å². The van der Waals surface area contributed by atoms with E-state index in [-0.39, 0.29) is 12.0 Å². The van der Waals surface area contributed by atoms with Crippen molar-refractivity contribution in [3.05, 3.63) is 83.7 Å². The van der Waals surface area contributed by atoms with Gasteiger partial charge in [0.15, 0.2) is 11.6 Å². The number of benzene rings is 2. The summed E-state index contributed by atoms with van der Waals surface area (Å²) < 4.78 is 46.4. The molecule has 6 heteroatoms. The molecule has 0 amide bonds. The molecule has 2 aromatic carbocycles. The summed E-state index contributed by atoms with van der Waals surface area (Å²) in [5.41, 5.74) is 1.53. The highest BCUT2D eigenvalue weighted by atomic mass is 19.2. The van der Waals surface area contributed by atoms with Gasteiger partial charge in [0.05, 0.1) is 12.0 Å². The molecule has 1 aliphatic carbocycles. The highest BCUT2D eigenvalue weighted by Crippen LogP contribution is 2.44. The highest BCUT2D eigenvalue weighted by Gasteiger charge is 2.43. The van der Waals surface area contributed by atoms with Gasteiger partial charge in [-0.15, -0.1) is 0 Å². The summed E-state index contributed by atoms with van der Waals surface area (Å²) in [4.78, 5) is 15.0. The molecule has 3 nitrogen and oxygen atoms in total. The van der Waals surface area contributed by atoms with E-state index in [1.807, 2.05) is 48.4 Å². The van der Waals surface area contributed by atoms with E-state index in [9.17, 15) is 18.0 Å². The Kier molecular flexibility index (Phi) is 4.26. The number of halogens is 3. The number of hydrogen-bond acceptors (Lipinski definition) is 3. The van der Waals surface area contributed by atoms with Crippen LogP contribution in [0.4, 0.5) is 18.9 Å². The van der Waals surface area contributed by atoms with Crippen molar-refractivity contribution in [2.24, 2.45) is 5.92 Å². The maximum Gasteiger partial charge on any atom is 0.319 e. The third kappa shape index (κ3) is 2.81.